The van der Waals surface area contributed by atoms with Crippen molar-refractivity contribution in [3.05, 3.63) is 71.8 Å². The highest BCUT2D eigenvalue weighted by atomic mass is 16.3. The Kier molecular flexibility index (Phi) is 6.34. The van der Waals surface area contributed by atoms with Crippen LogP contribution >= 0.6 is 0 Å². The molecule has 1 N–H and O–H groups in total. The zero-order valence-corrected chi connectivity index (χ0v) is 17.3. The smallest absolute Gasteiger partial charge is 0.226 e. The zero-order valence-electron chi connectivity index (χ0n) is 17.3. The predicted molar refractivity (Wildman–Crippen MR) is 117 cm³/mol. The fourth-order valence-electron chi connectivity index (χ4n) is 5.25. The lowest BCUT2D eigenvalue weighted by Crippen LogP contribution is -2.48. The molecule has 1 saturated carbocycles. The van der Waals surface area contributed by atoms with Crippen LogP contribution in [0.5, 0.6) is 0 Å². The van der Waals surface area contributed by atoms with Gasteiger partial charge in [0.2, 0.25) is 5.91 Å². The number of amides is 1. The third-order valence-corrected chi connectivity index (χ3v) is 7.02. The molecule has 2 aliphatic rings. The maximum Gasteiger partial charge on any atom is 0.226 e. The topological polar surface area (TPSA) is 40.5 Å². The lowest BCUT2D eigenvalue weighted by atomic mass is 9.84. The summed E-state index contributed by atoms with van der Waals surface area (Å²) in [6, 6.07) is 21.0. The second-order valence-corrected chi connectivity index (χ2v) is 8.94. The molecule has 154 valence electrons. The number of hydrogen-bond acceptors (Lipinski definition) is 2. The summed E-state index contributed by atoms with van der Waals surface area (Å²) in [4.78, 5) is 15.3. The molecule has 3 nitrogen and oxygen atoms in total. The first-order valence-electron chi connectivity index (χ1n) is 11.2. The highest BCUT2D eigenvalue weighted by Crippen LogP contribution is 2.41. The van der Waals surface area contributed by atoms with Gasteiger partial charge in [0.05, 0.1) is 5.60 Å². The van der Waals surface area contributed by atoms with Gasteiger partial charge in [-0.1, -0.05) is 67.1 Å². The minimum Gasteiger partial charge on any atom is -0.390 e. The summed E-state index contributed by atoms with van der Waals surface area (Å²) in [5, 5.41) is 11.0. The van der Waals surface area contributed by atoms with E-state index in [1.807, 2.05) is 17.0 Å². The van der Waals surface area contributed by atoms with Gasteiger partial charge < -0.3 is 10.0 Å². The van der Waals surface area contributed by atoms with Gasteiger partial charge in [-0.15, -0.1) is 0 Å². The summed E-state index contributed by atoms with van der Waals surface area (Å²) in [6.07, 6.45) is 7.47. The maximum atomic E-state index is 13.2. The van der Waals surface area contributed by atoms with Crippen LogP contribution in [0.2, 0.25) is 0 Å². The minimum absolute atomic E-state index is 0.113. The highest BCUT2D eigenvalue weighted by molar-refractivity contribution is 5.80. The van der Waals surface area contributed by atoms with Crippen molar-refractivity contribution in [2.75, 3.05) is 13.1 Å². The van der Waals surface area contributed by atoms with E-state index in [1.54, 1.807) is 0 Å². The Balaban J connectivity index is 1.29. The summed E-state index contributed by atoms with van der Waals surface area (Å²) < 4.78 is 0. The highest BCUT2D eigenvalue weighted by Gasteiger charge is 2.39. The number of likely N-dealkylation sites (tertiary alicyclic amines) is 1. The van der Waals surface area contributed by atoms with Crippen molar-refractivity contribution in [2.45, 2.75) is 62.9 Å². The second-order valence-electron chi connectivity index (χ2n) is 8.94. The number of nitrogens with zero attached hydrogens (tertiary/aromatic N) is 1. The molecule has 2 aromatic rings. The van der Waals surface area contributed by atoms with E-state index in [9.17, 15) is 9.90 Å². The van der Waals surface area contributed by atoms with Gasteiger partial charge in [-0.05, 0) is 62.0 Å². The molecule has 0 radical (unpaired) electrons. The van der Waals surface area contributed by atoms with Gasteiger partial charge in [-0.25, -0.2) is 0 Å². The van der Waals surface area contributed by atoms with Crippen LogP contribution in [-0.2, 0) is 11.2 Å². The Morgan fingerprint density at radius 3 is 2.31 bits per heavy atom. The molecule has 0 aromatic heterocycles. The van der Waals surface area contributed by atoms with Gasteiger partial charge in [0.25, 0.3) is 0 Å². The first-order chi connectivity index (χ1) is 14.1. The van der Waals surface area contributed by atoms with Crippen molar-refractivity contribution < 1.29 is 9.90 Å². The number of benzene rings is 2. The molecule has 1 saturated heterocycles. The Morgan fingerprint density at radius 1 is 0.966 bits per heavy atom. The lowest BCUT2D eigenvalue weighted by Gasteiger charge is -2.40. The third-order valence-electron chi connectivity index (χ3n) is 7.02. The average molecular weight is 392 g/mol. The maximum absolute atomic E-state index is 13.2. The van der Waals surface area contributed by atoms with E-state index < -0.39 is 5.60 Å². The second kappa shape index (κ2) is 9.13. The molecule has 4 rings (SSSR count). The summed E-state index contributed by atoms with van der Waals surface area (Å²) in [5.41, 5.74) is 2.02. The molecule has 0 bridgehead atoms. The van der Waals surface area contributed by atoms with Gasteiger partial charge >= 0.3 is 0 Å². The largest absolute Gasteiger partial charge is 0.390 e. The number of carbonyl (C=O) groups is 1. The van der Waals surface area contributed by atoms with Crippen molar-refractivity contribution in [1.29, 1.82) is 0 Å². The fourth-order valence-corrected chi connectivity index (χ4v) is 5.25. The molecule has 2 atom stereocenters. The number of piperidine rings is 1. The molecule has 0 spiro atoms. The van der Waals surface area contributed by atoms with Gasteiger partial charge in [-0.2, -0.15) is 0 Å². The van der Waals surface area contributed by atoms with Crippen LogP contribution in [0, 0.1) is 5.92 Å². The molecule has 1 aliphatic heterocycles. The molecule has 29 heavy (non-hydrogen) atoms. The van der Waals surface area contributed by atoms with Gasteiger partial charge in [0.1, 0.15) is 0 Å². The summed E-state index contributed by atoms with van der Waals surface area (Å²) >= 11 is 0. The number of aryl methyl sites for hydroxylation is 1. The van der Waals surface area contributed by atoms with E-state index in [-0.39, 0.29) is 5.92 Å². The molecule has 1 heterocycles. The van der Waals surface area contributed by atoms with Gasteiger partial charge in [0.15, 0.2) is 0 Å². The van der Waals surface area contributed by atoms with Crippen LogP contribution in [0.4, 0.5) is 0 Å². The number of carbonyl (C=O) groups excluding carboxylic acids is 1. The number of rotatable bonds is 6. The first kappa shape index (κ1) is 20.2. The molecule has 3 heteroatoms. The molecular formula is C26H33NO2. The van der Waals surface area contributed by atoms with Crippen LogP contribution in [0.1, 0.15) is 62.0 Å². The fraction of sp³-hybridized carbons (Fsp3) is 0.500. The Labute approximate surface area is 174 Å². The van der Waals surface area contributed by atoms with E-state index in [4.69, 9.17) is 0 Å². The van der Waals surface area contributed by atoms with E-state index in [2.05, 4.69) is 48.5 Å². The summed E-state index contributed by atoms with van der Waals surface area (Å²) in [7, 11) is 0. The zero-order chi connectivity index (χ0) is 20.1. The minimum atomic E-state index is -0.611. The number of hydrogen-bond donors (Lipinski definition) is 1. The van der Waals surface area contributed by atoms with Crippen LogP contribution in [-0.4, -0.2) is 34.6 Å². The Bertz CT molecular complexity index is 781. The van der Waals surface area contributed by atoms with E-state index in [0.29, 0.717) is 37.8 Å². The van der Waals surface area contributed by atoms with Crippen LogP contribution < -0.4 is 0 Å². The standard InChI is InChI=1S/C26H33NO2/c28-25(24-15-7-14-23(24)22-12-5-2-6-13-22)27-19-17-26(29,18-20-27)16-8-11-21-9-3-1-4-10-21/h1-6,9-10,12-13,23-24,29H,7-8,11,14-20H2. The lowest BCUT2D eigenvalue weighted by molar-refractivity contribution is -0.140. The molecule has 2 fully saturated rings. The quantitative estimate of drug-likeness (QED) is 0.757. The molecule has 2 unspecified atom stereocenters. The monoisotopic (exact) mass is 391 g/mol. The van der Waals surface area contributed by atoms with Crippen LogP contribution in [0.25, 0.3) is 0 Å². The normalized spacial score (nSPS) is 23.8. The summed E-state index contributed by atoms with van der Waals surface area (Å²) in [5.74, 6) is 0.778. The summed E-state index contributed by atoms with van der Waals surface area (Å²) in [6.45, 7) is 1.39. The van der Waals surface area contributed by atoms with Gasteiger partial charge in [-0.3, -0.25) is 4.79 Å². The van der Waals surface area contributed by atoms with Crippen molar-refractivity contribution in [3.63, 3.8) is 0 Å². The van der Waals surface area contributed by atoms with Crippen molar-refractivity contribution in [2.24, 2.45) is 5.92 Å². The van der Waals surface area contributed by atoms with Gasteiger partial charge in [0, 0.05) is 19.0 Å². The van der Waals surface area contributed by atoms with Crippen molar-refractivity contribution in [1.82, 2.24) is 4.90 Å². The molecule has 1 aliphatic carbocycles. The van der Waals surface area contributed by atoms with E-state index in [0.717, 1.165) is 38.5 Å². The van der Waals surface area contributed by atoms with Crippen LogP contribution in [0.15, 0.2) is 60.7 Å². The van der Waals surface area contributed by atoms with E-state index in [1.165, 1.54) is 11.1 Å². The molecule has 2 aromatic carbocycles. The molecular weight excluding hydrogens is 358 g/mol. The van der Waals surface area contributed by atoms with Crippen LogP contribution in [0.3, 0.4) is 0 Å². The predicted octanol–water partition coefficient (Wildman–Crippen LogP) is 4.95. The first-order valence-corrected chi connectivity index (χ1v) is 11.2. The number of aliphatic hydroxyl groups is 1. The average Bonchev–Trinajstić information content (AvgIpc) is 3.25. The van der Waals surface area contributed by atoms with E-state index >= 15 is 0 Å². The third kappa shape index (κ3) is 4.90. The van der Waals surface area contributed by atoms with Crippen molar-refractivity contribution >= 4 is 5.91 Å². The van der Waals surface area contributed by atoms with Crippen molar-refractivity contribution in [3.8, 4) is 0 Å². The Morgan fingerprint density at radius 2 is 1.62 bits per heavy atom. The molecule has 1 amide bonds. The Hall–Kier alpha value is -2.13. The SMILES string of the molecule is O=C(C1CCCC1c1ccccc1)N1CCC(O)(CCCc2ccccc2)CC1.